The van der Waals surface area contributed by atoms with Crippen LogP contribution in [-0.2, 0) is 4.74 Å². The molecule has 1 aliphatic heterocycles. The van der Waals surface area contributed by atoms with Crippen LogP contribution in [-0.4, -0.2) is 41.1 Å². The van der Waals surface area contributed by atoms with E-state index in [0.717, 1.165) is 26.1 Å². The normalized spacial score (nSPS) is 20.6. The summed E-state index contributed by atoms with van der Waals surface area (Å²) in [7, 11) is 0. The van der Waals surface area contributed by atoms with E-state index < -0.39 is 5.56 Å². The predicted octanol–water partition coefficient (Wildman–Crippen LogP) is 0.425. The molecule has 18 heavy (non-hydrogen) atoms. The van der Waals surface area contributed by atoms with Crippen molar-refractivity contribution >= 4 is 0 Å². The fourth-order valence-electron chi connectivity index (χ4n) is 2.04. The first-order valence-electron chi connectivity index (χ1n) is 6.08. The summed E-state index contributed by atoms with van der Waals surface area (Å²) in [5, 5.41) is 8.68. The van der Waals surface area contributed by atoms with Crippen molar-refractivity contribution in [1.29, 1.82) is 5.26 Å². The van der Waals surface area contributed by atoms with Crippen LogP contribution in [0.1, 0.15) is 30.8 Å². The summed E-state index contributed by atoms with van der Waals surface area (Å²) in [6, 6.07) is 1.80. The van der Waals surface area contributed by atoms with E-state index in [1.165, 1.54) is 6.20 Å². The van der Waals surface area contributed by atoms with E-state index >= 15 is 0 Å². The molecular weight excluding hydrogens is 232 g/mol. The van der Waals surface area contributed by atoms with E-state index in [2.05, 4.69) is 21.8 Å². The minimum atomic E-state index is -0.404. The second-order valence-corrected chi connectivity index (χ2v) is 4.28. The Labute approximate surface area is 105 Å². The molecule has 0 aliphatic carbocycles. The average molecular weight is 248 g/mol. The van der Waals surface area contributed by atoms with Gasteiger partial charge in [-0.1, -0.05) is 6.92 Å². The van der Waals surface area contributed by atoms with Gasteiger partial charge in [0.1, 0.15) is 23.6 Å². The molecule has 0 spiro atoms. The van der Waals surface area contributed by atoms with Crippen molar-refractivity contribution in [3.63, 3.8) is 0 Å². The van der Waals surface area contributed by atoms with E-state index in [1.807, 2.05) is 0 Å². The van der Waals surface area contributed by atoms with Gasteiger partial charge in [0, 0.05) is 13.1 Å². The largest absolute Gasteiger partial charge is 0.368 e. The van der Waals surface area contributed by atoms with Crippen LogP contribution in [0.15, 0.2) is 11.0 Å². The molecule has 2 heterocycles. The van der Waals surface area contributed by atoms with E-state index in [-0.39, 0.29) is 11.7 Å². The number of ether oxygens (including phenoxy) is 1. The number of nitrogens with one attached hydrogen (secondary N) is 1. The highest BCUT2D eigenvalue weighted by Gasteiger charge is 2.23. The third-order valence-corrected chi connectivity index (χ3v) is 2.93. The molecule has 96 valence electrons. The number of aromatic nitrogens is 2. The third kappa shape index (κ3) is 2.75. The van der Waals surface area contributed by atoms with Gasteiger partial charge in [-0.15, -0.1) is 0 Å². The number of morpholine rings is 1. The molecule has 1 N–H and O–H groups in total. The first-order chi connectivity index (χ1) is 8.74. The molecule has 0 aromatic carbocycles. The van der Waals surface area contributed by atoms with Crippen LogP contribution in [0.4, 0.5) is 0 Å². The molecule has 0 bridgehead atoms. The minimum Gasteiger partial charge on any atom is -0.368 e. The number of hydrogen-bond acceptors (Lipinski definition) is 5. The van der Waals surface area contributed by atoms with Gasteiger partial charge in [0.05, 0.1) is 12.8 Å². The maximum atomic E-state index is 11.5. The lowest BCUT2D eigenvalue weighted by Crippen LogP contribution is -2.39. The highest BCUT2D eigenvalue weighted by Crippen LogP contribution is 2.18. The number of nitrogens with zero attached hydrogens (tertiary/aromatic N) is 3. The number of rotatable bonds is 3. The maximum Gasteiger partial charge on any atom is 0.268 e. The lowest BCUT2D eigenvalue weighted by atomic mass is 10.2. The Morgan fingerprint density at radius 1 is 1.72 bits per heavy atom. The summed E-state index contributed by atoms with van der Waals surface area (Å²) in [5.41, 5.74) is -0.376. The van der Waals surface area contributed by atoms with E-state index in [4.69, 9.17) is 10.00 Å². The number of hydrogen-bond donors (Lipinski definition) is 1. The molecule has 2 rings (SSSR count). The fourth-order valence-corrected chi connectivity index (χ4v) is 2.04. The molecule has 1 aliphatic rings. The second-order valence-electron chi connectivity index (χ2n) is 4.28. The summed E-state index contributed by atoms with van der Waals surface area (Å²) in [5.74, 6) is 0.500. The lowest BCUT2D eigenvalue weighted by Gasteiger charge is -2.31. The summed E-state index contributed by atoms with van der Waals surface area (Å²) >= 11 is 0. The van der Waals surface area contributed by atoms with Crippen LogP contribution < -0.4 is 5.56 Å². The SMILES string of the molecule is CCCN1CCOC(c2ncc(C#N)c(=O)[nH]2)C1. The van der Waals surface area contributed by atoms with Crippen LogP contribution in [0.25, 0.3) is 0 Å². The molecule has 0 saturated carbocycles. The van der Waals surface area contributed by atoms with Crippen molar-refractivity contribution in [1.82, 2.24) is 14.9 Å². The zero-order chi connectivity index (χ0) is 13.0. The lowest BCUT2D eigenvalue weighted by molar-refractivity contribution is -0.0343. The average Bonchev–Trinajstić information content (AvgIpc) is 2.39. The zero-order valence-electron chi connectivity index (χ0n) is 10.3. The van der Waals surface area contributed by atoms with Gasteiger partial charge in [-0.05, 0) is 13.0 Å². The number of H-pyrrole nitrogens is 1. The topological polar surface area (TPSA) is 82.0 Å². The van der Waals surface area contributed by atoms with Crippen molar-refractivity contribution in [2.45, 2.75) is 19.4 Å². The van der Waals surface area contributed by atoms with Crippen LogP contribution in [0.2, 0.25) is 0 Å². The van der Waals surface area contributed by atoms with Gasteiger partial charge in [-0.2, -0.15) is 5.26 Å². The summed E-state index contributed by atoms with van der Waals surface area (Å²) < 4.78 is 5.61. The summed E-state index contributed by atoms with van der Waals surface area (Å²) in [4.78, 5) is 20.5. The van der Waals surface area contributed by atoms with Gasteiger partial charge in [0.2, 0.25) is 0 Å². The highest BCUT2D eigenvalue weighted by atomic mass is 16.5. The predicted molar refractivity (Wildman–Crippen MR) is 65.0 cm³/mol. The molecule has 0 radical (unpaired) electrons. The first kappa shape index (κ1) is 12.7. The molecule has 0 amide bonds. The van der Waals surface area contributed by atoms with Crippen molar-refractivity contribution < 1.29 is 4.74 Å². The molecule has 1 atom stereocenters. The van der Waals surface area contributed by atoms with E-state index in [0.29, 0.717) is 12.4 Å². The minimum absolute atomic E-state index is 0.0278. The van der Waals surface area contributed by atoms with Crippen LogP contribution in [0.3, 0.4) is 0 Å². The van der Waals surface area contributed by atoms with Gasteiger partial charge in [0.25, 0.3) is 5.56 Å². The number of aromatic amines is 1. The fraction of sp³-hybridized carbons (Fsp3) is 0.583. The maximum absolute atomic E-state index is 11.5. The molecule has 1 fully saturated rings. The molecule has 6 heteroatoms. The number of nitriles is 1. The van der Waals surface area contributed by atoms with Crippen LogP contribution in [0.5, 0.6) is 0 Å². The van der Waals surface area contributed by atoms with E-state index in [9.17, 15) is 4.79 Å². The van der Waals surface area contributed by atoms with Crippen molar-refractivity contribution in [3.8, 4) is 6.07 Å². The Bertz CT molecular complexity index is 504. The smallest absolute Gasteiger partial charge is 0.268 e. The van der Waals surface area contributed by atoms with Crippen LogP contribution >= 0.6 is 0 Å². The Kier molecular flexibility index (Phi) is 4.07. The van der Waals surface area contributed by atoms with Gasteiger partial charge in [-0.3, -0.25) is 9.69 Å². The Morgan fingerprint density at radius 2 is 2.56 bits per heavy atom. The monoisotopic (exact) mass is 248 g/mol. The third-order valence-electron chi connectivity index (χ3n) is 2.93. The van der Waals surface area contributed by atoms with Gasteiger partial charge >= 0.3 is 0 Å². The highest BCUT2D eigenvalue weighted by molar-refractivity contribution is 5.22. The Morgan fingerprint density at radius 3 is 3.22 bits per heavy atom. The van der Waals surface area contributed by atoms with E-state index in [1.54, 1.807) is 6.07 Å². The van der Waals surface area contributed by atoms with Crippen molar-refractivity contribution in [2.75, 3.05) is 26.2 Å². The standard InChI is InChI=1S/C12H16N4O2/c1-2-3-16-4-5-18-10(8-16)11-14-7-9(6-13)12(17)15-11/h7,10H,2-5,8H2,1H3,(H,14,15,17). The Hall–Kier alpha value is -1.71. The molecule has 1 aromatic heterocycles. The first-order valence-corrected chi connectivity index (χ1v) is 6.08. The van der Waals surface area contributed by atoms with Gasteiger partial charge in [0.15, 0.2) is 0 Å². The second kappa shape index (κ2) is 5.76. The zero-order valence-corrected chi connectivity index (χ0v) is 10.3. The van der Waals surface area contributed by atoms with Crippen molar-refractivity contribution in [2.24, 2.45) is 0 Å². The quantitative estimate of drug-likeness (QED) is 0.838. The van der Waals surface area contributed by atoms with Gasteiger partial charge in [-0.25, -0.2) is 4.98 Å². The summed E-state index contributed by atoms with van der Waals surface area (Å²) in [6.45, 7) is 5.41. The molecule has 1 aromatic rings. The molecule has 1 unspecified atom stereocenters. The Balaban J connectivity index is 2.14. The van der Waals surface area contributed by atoms with Crippen LogP contribution in [0, 0.1) is 11.3 Å². The molecule has 6 nitrogen and oxygen atoms in total. The van der Waals surface area contributed by atoms with Gasteiger partial charge < -0.3 is 9.72 Å². The molecular formula is C12H16N4O2. The van der Waals surface area contributed by atoms with Crippen molar-refractivity contribution in [3.05, 3.63) is 27.9 Å². The summed E-state index contributed by atoms with van der Waals surface area (Å²) in [6.07, 6.45) is 2.17. The molecule has 1 saturated heterocycles.